The minimum atomic E-state index is -3.61. The molecule has 0 radical (unpaired) electrons. The van der Waals surface area contributed by atoms with Crippen molar-refractivity contribution in [2.45, 2.75) is 68.9 Å². The highest BCUT2D eigenvalue weighted by Crippen LogP contribution is 2.32. The first-order valence-corrected chi connectivity index (χ1v) is 17.1. The maximum atomic E-state index is 13.5. The number of carbonyl (C=O) groups excluding carboxylic acids is 1. The van der Waals surface area contributed by atoms with Crippen LogP contribution in [0.1, 0.15) is 62.6 Å². The van der Waals surface area contributed by atoms with Gasteiger partial charge in [-0.05, 0) is 86.4 Å². The van der Waals surface area contributed by atoms with Gasteiger partial charge < -0.3 is 10.7 Å². The molecule has 2 fully saturated rings. The fraction of sp³-hybridized carbons (Fsp3) is 0.441. The molecule has 2 N–H and O–H groups in total. The van der Waals surface area contributed by atoms with Crippen molar-refractivity contribution >= 4 is 21.5 Å². The van der Waals surface area contributed by atoms with Crippen LogP contribution in [-0.4, -0.2) is 54.7 Å². The van der Waals surface area contributed by atoms with Crippen LogP contribution in [0.15, 0.2) is 71.8 Å². The monoisotopic (exact) mass is 640 g/mol. The number of sulfone groups is 1. The van der Waals surface area contributed by atoms with Gasteiger partial charge in [0, 0.05) is 42.9 Å². The molecule has 0 bridgehead atoms. The second-order valence-corrected chi connectivity index (χ2v) is 14.4. The summed E-state index contributed by atoms with van der Waals surface area (Å²) in [6, 6.07) is 16.0. The first kappa shape index (κ1) is 32.8. The number of aromatic nitrogens is 1. The van der Waals surface area contributed by atoms with Gasteiger partial charge in [0.15, 0.2) is 9.84 Å². The molecule has 1 aliphatic carbocycles. The molecule has 1 saturated heterocycles. The highest BCUT2D eigenvalue weighted by Gasteiger charge is 2.38. The molecule has 11 heteroatoms. The van der Waals surface area contributed by atoms with E-state index in [1.165, 1.54) is 12.1 Å². The maximum absolute atomic E-state index is 13.5. The van der Waals surface area contributed by atoms with E-state index < -0.39 is 15.8 Å². The van der Waals surface area contributed by atoms with Crippen LogP contribution < -0.4 is 5.32 Å². The third-order valence-corrected chi connectivity index (χ3v) is 10.7. The van der Waals surface area contributed by atoms with Crippen molar-refractivity contribution in [2.75, 3.05) is 18.8 Å². The second kappa shape index (κ2) is 13.8. The third-order valence-electron chi connectivity index (χ3n) is 8.95. The van der Waals surface area contributed by atoms with Gasteiger partial charge in [0.25, 0.3) is 5.92 Å². The van der Waals surface area contributed by atoms with Crippen LogP contribution in [0.25, 0.3) is 11.3 Å². The highest BCUT2D eigenvalue weighted by atomic mass is 32.2. The van der Waals surface area contributed by atoms with Crippen LogP contribution in [0, 0.1) is 23.1 Å². The molecule has 7 nitrogen and oxygen atoms in total. The van der Waals surface area contributed by atoms with Gasteiger partial charge >= 0.3 is 0 Å². The van der Waals surface area contributed by atoms with Crippen LogP contribution in [0.2, 0.25) is 0 Å². The number of benzene rings is 2. The number of alkyl halides is 2. The molecule has 1 aromatic heterocycles. The number of hydrogen-bond acceptors (Lipinski definition) is 6. The standard InChI is InChI=1S/C34H39F3N4O3S/c1-23(25-7-11-29(35)12-8-25)40-33(42)28-5-3-26(4-6-28)31(38)16-19-45(43,44)30-13-9-27(10-14-30)32-15-2-24(20-39-32)21-41-18-17-34(36,37)22-41/h2,7-15,20,23,26,28,38H,3-6,16-19,21-22H2,1H3,(H,40,42)/t23-,26?,28?/m1/s1. The lowest BCUT2D eigenvalue weighted by Gasteiger charge is -2.29. The van der Waals surface area contributed by atoms with E-state index >= 15 is 0 Å². The van der Waals surface area contributed by atoms with Gasteiger partial charge in [0.1, 0.15) is 5.82 Å². The summed E-state index contributed by atoms with van der Waals surface area (Å²) >= 11 is 0. The first-order valence-electron chi connectivity index (χ1n) is 15.4. The Morgan fingerprint density at radius 1 is 1.02 bits per heavy atom. The molecule has 240 valence electrons. The van der Waals surface area contributed by atoms with Crippen LogP contribution in [0.4, 0.5) is 13.2 Å². The van der Waals surface area contributed by atoms with Crippen molar-refractivity contribution in [1.82, 2.24) is 15.2 Å². The minimum Gasteiger partial charge on any atom is -0.349 e. The van der Waals surface area contributed by atoms with Gasteiger partial charge in [0.05, 0.1) is 28.9 Å². The van der Waals surface area contributed by atoms with Gasteiger partial charge in [-0.2, -0.15) is 0 Å². The van der Waals surface area contributed by atoms with E-state index in [9.17, 15) is 26.4 Å². The summed E-state index contributed by atoms with van der Waals surface area (Å²) in [5.41, 5.74) is 3.47. The van der Waals surface area contributed by atoms with E-state index in [0.717, 1.165) is 16.7 Å². The van der Waals surface area contributed by atoms with Crippen LogP contribution in [-0.2, 0) is 21.2 Å². The number of rotatable bonds is 11. The Morgan fingerprint density at radius 2 is 1.69 bits per heavy atom. The number of amides is 1. The molecule has 2 heterocycles. The number of pyridine rings is 1. The van der Waals surface area contributed by atoms with E-state index in [1.807, 2.05) is 13.0 Å². The van der Waals surface area contributed by atoms with Crippen LogP contribution in [0.5, 0.6) is 0 Å². The molecule has 1 saturated carbocycles. The number of nitrogens with one attached hydrogen (secondary N) is 2. The van der Waals surface area contributed by atoms with E-state index in [1.54, 1.807) is 53.6 Å². The second-order valence-electron chi connectivity index (χ2n) is 12.3. The molecular weight excluding hydrogens is 601 g/mol. The Balaban J connectivity index is 1.07. The van der Waals surface area contributed by atoms with Crippen LogP contribution in [0.3, 0.4) is 0 Å². The van der Waals surface area contributed by atoms with Gasteiger partial charge in [-0.25, -0.2) is 21.6 Å². The number of carbonyl (C=O) groups is 1. The topological polar surface area (TPSA) is 103 Å². The maximum Gasteiger partial charge on any atom is 0.261 e. The fourth-order valence-corrected chi connectivity index (χ4v) is 7.43. The van der Waals surface area contributed by atoms with Crippen molar-refractivity contribution in [3.05, 3.63) is 83.8 Å². The van der Waals surface area contributed by atoms with Gasteiger partial charge in [-0.1, -0.05) is 30.3 Å². The van der Waals surface area contributed by atoms with E-state index in [4.69, 9.17) is 5.41 Å². The predicted octanol–water partition coefficient (Wildman–Crippen LogP) is 6.60. The molecule has 0 spiro atoms. The Morgan fingerprint density at radius 3 is 2.29 bits per heavy atom. The lowest BCUT2D eigenvalue weighted by molar-refractivity contribution is -0.126. The molecule has 5 rings (SSSR count). The zero-order valence-electron chi connectivity index (χ0n) is 25.3. The number of nitrogens with zero attached hydrogens (tertiary/aromatic N) is 2. The number of likely N-dealkylation sites (tertiary alicyclic amines) is 1. The zero-order chi connectivity index (χ0) is 32.2. The van der Waals surface area contributed by atoms with E-state index in [-0.39, 0.29) is 59.6 Å². The van der Waals surface area contributed by atoms with Gasteiger partial charge in [-0.15, -0.1) is 0 Å². The summed E-state index contributed by atoms with van der Waals surface area (Å²) in [6.07, 6.45) is 4.26. The van der Waals surface area contributed by atoms with Crippen molar-refractivity contribution in [2.24, 2.45) is 11.8 Å². The summed E-state index contributed by atoms with van der Waals surface area (Å²) < 4.78 is 66.2. The van der Waals surface area contributed by atoms with Gasteiger partial charge in [0.2, 0.25) is 5.91 Å². The quantitative estimate of drug-likeness (QED) is 0.230. The molecule has 1 atom stereocenters. The zero-order valence-corrected chi connectivity index (χ0v) is 26.1. The van der Waals surface area contributed by atoms with Crippen molar-refractivity contribution in [3.8, 4) is 11.3 Å². The molecule has 45 heavy (non-hydrogen) atoms. The molecule has 2 aromatic carbocycles. The highest BCUT2D eigenvalue weighted by molar-refractivity contribution is 7.91. The normalized spacial score (nSPS) is 20.9. The number of hydrogen-bond donors (Lipinski definition) is 2. The Kier molecular flexibility index (Phi) is 10.1. The van der Waals surface area contributed by atoms with Crippen LogP contribution >= 0.6 is 0 Å². The summed E-state index contributed by atoms with van der Waals surface area (Å²) in [7, 11) is -3.61. The molecule has 2 aliphatic rings. The summed E-state index contributed by atoms with van der Waals surface area (Å²) in [4.78, 5) is 19.1. The van der Waals surface area contributed by atoms with E-state index in [0.29, 0.717) is 50.2 Å². The van der Waals surface area contributed by atoms with E-state index in [2.05, 4.69) is 10.3 Å². The minimum absolute atomic E-state index is 0.0443. The van der Waals surface area contributed by atoms with Crippen molar-refractivity contribution in [1.29, 1.82) is 5.41 Å². The Bertz CT molecular complexity index is 1590. The predicted molar refractivity (Wildman–Crippen MR) is 167 cm³/mol. The Hall–Kier alpha value is -3.57. The first-order chi connectivity index (χ1) is 21.4. The van der Waals surface area contributed by atoms with Crippen molar-refractivity contribution in [3.63, 3.8) is 0 Å². The summed E-state index contributed by atoms with van der Waals surface area (Å²) in [6.45, 7) is 2.37. The van der Waals surface area contributed by atoms with Crippen molar-refractivity contribution < 1.29 is 26.4 Å². The molecule has 1 aliphatic heterocycles. The fourth-order valence-electron chi connectivity index (χ4n) is 6.16. The molecule has 1 amide bonds. The summed E-state index contributed by atoms with van der Waals surface area (Å²) in [5, 5.41) is 11.6. The number of halogens is 3. The SMILES string of the molecule is C[C@@H](NC(=O)C1CCC(C(=N)CCS(=O)(=O)c2ccc(-c3ccc(CN4CCC(F)(F)C4)cn3)cc2)CC1)c1ccc(F)cc1. The smallest absolute Gasteiger partial charge is 0.261 e. The largest absolute Gasteiger partial charge is 0.349 e. The molecule has 3 aromatic rings. The van der Waals surface area contributed by atoms with Gasteiger partial charge in [-0.3, -0.25) is 14.7 Å². The average molecular weight is 641 g/mol. The molecular formula is C34H39F3N4O3S. The lowest BCUT2D eigenvalue weighted by atomic mass is 9.78. The average Bonchev–Trinajstić information content (AvgIpc) is 3.38. The Labute approximate surface area is 262 Å². The summed E-state index contributed by atoms with van der Waals surface area (Å²) in [5.74, 6) is -3.39. The lowest BCUT2D eigenvalue weighted by Crippen LogP contribution is -2.35. The molecule has 0 unspecified atom stereocenters. The third kappa shape index (κ3) is 8.58.